The molecule has 0 saturated heterocycles. The first kappa shape index (κ1) is 8.70. The van der Waals surface area contributed by atoms with Crippen LogP contribution in [0, 0.1) is 8.99 Å². The van der Waals surface area contributed by atoms with E-state index in [2.05, 4.69) is 27.7 Å². The van der Waals surface area contributed by atoms with E-state index < -0.39 is 11.4 Å². The minimum absolute atomic E-state index is 0.0435. The van der Waals surface area contributed by atoms with Gasteiger partial charge in [0.1, 0.15) is 0 Å². The lowest BCUT2D eigenvalue weighted by Gasteiger charge is -2.67. The predicted octanol–water partition coefficient (Wildman–Crippen LogP) is 1.45. The van der Waals surface area contributed by atoms with Gasteiger partial charge in [0.05, 0.1) is 20.7 Å². The summed E-state index contributed by atoms with van der Waals surface area (Å²) in [7, 11) is 0. The van der Waals surface area contributed by atoms with Crippen molar-refractivity contribution in [1.82, 2.24) is 9.78 Å². The minimum Gasteiger partial charge on any atom is -0.481 e. The van der Waals surface area contributed by atoms with Crippen molar-refractivity contribution in [3.05, 3.63) is 16.0 Å². The maximum Gasteiger partial charge on any atom is 0.309 e. The summed E-state index contributed by atoms with van der Waals surface area (Å²) in [6.07, 6.45) is 6.08. The van der Waals surface area contributed by atoms with E-state index in [0.29, 0.717) is 0 Å². The van der Waals surface area contributed by atoms with Crippen LogP contribution < -0.4 is 0 Å². The third kappa shape index (κ3) is 0.838. The van der Waals surface area contributed by atoms with Gasteiger partial charge in [-0.3, -0.25) is 9.48 Å². The number of hydrogen-bond donors (Lipinski definition) is 1. The predicted molar refractivity (Wildman–Crippen MR) is 56.8 cm³/mol. The van der Waals surface area contributed by atoms with E-state index in [9.17, 15) is 4.79 Å². The van der Waals surface area contributed by atoms with Crippen molar-refractivity contribution in [3.8, 4) is 0 Å². The second kappa shape index (κ2) is 2.32. The molecule has 3 aliphatic carbocycles. The molecule has 1 aromatic heterocycles. The van der Waals surface area contributed by atoms with Gasteiger partial charge >= 0.3 is 5.97 Å². The molecule has 0 radical (unpaired) electrons. The number of hydrogen-bond acceptors (Lipinski definition) is 2. The molecule has 1 N–H and O–H groups in total. The van der Waals surface area contributed by atoms with Crippen molar-refractivity contribution in [2.45, 2.75) is 24.8 Å². The number of halogens is 1. The smallest absolute Gasteiger partial charge is 0.309 e. The van der Waals surface area contributed by atoms with Crippen LogP contribution in [0.2, 0.25) is 0 Å². The Hall–Kier alpha value is -0.590. The summed E-state index contributed by atoms with van der Waals surface area (Å²) >= 11 is 2.22. The Balaban J connectivity index is 1.84. The van der Waals surface area contributed by atoms with Crippen molar-refractivity contribution in [1.29, 1.82) is 0 Å². The highest BCUT2D eigenvalue weighted by atomic mass is 127. The lowest BCUT2D eigenvalue weighted by atomic mass is 9.39. The topological polar surface area (TPSA) is 55.1 Å². The van der Waals surface area contributed by atoms with Gasteiger partial charge < -0.3 is 5.11 Å². The van der Waals surface area contributed by atoms with Gasteiger partial charge in [0.15, 0.2) is 0 Å². The molecule has 3 fully saturated rings. The molecule has 0 atom stereocenters. The van der Waals surface area contributed by atoms with Gasteiger partial charge in [0.25, 0.3) is 0 Å². The van der Waals surface area contributed by atoms with Crippen LogP contribution in [0.3, 0.4) is 0 Å². The monoisotopic (exact) mass is 304 g/mol. The molecule has 1 heterocycles. The molecule has 5 heteroatoms. The van der Waals surface area contributed by atoms with E-state index in [4.69, 9.17) is 5.11 Å². The van der Waals surface area contributed by atoms with E-state index in [1.807, 2.05) is 17.1 Å². The summed E-state index contributed by atoms with van der Waals surface area (Å²) in [6, 6.07) is 0. The lowest BCUT2D eigenvalue weighted by molar-refractivity contribution is -0.216. The second-order valence-electron chi connectivity index (χ2n) is 4.44. The molecule has 0 spiro atoms. The first-order valence-electron chi connectivity index (χ1n) is 4.51. The molecule has 0 aliphatic heterocycles. The van der Waals surface area contributed by atoms with Crippen LogP contribution in [-0.4, -0.2) is 20.9 Å². The van der Waals surface area contributed by atoms with Gasteiger partial charge in [-0.1, -0.05) is 0 Å². The van der Waals surface area contributed by atoms with Gasteiger partial charge in [-0.2, -0.15) is 5.10 Å². The molecule has 14 heavy (non-hydrogen) atoms. The van der Waals surface area contributed by atoms with Crippen molar-refractivity contribution in [2.24, 2.45) is 5.41 Å². The number of rotatable bonds is 2. The normalized spacial score (nSPS) is 38.6. The summed E-state index contributed by atoms with van der Waals surface area (Å²) in [6.45, 7) is 0. The summed E-state index contributed by atoms with van der Waals surface area (Å²) in [5, 5.41) is 13.2. The van der Waals surface area contributed by atoms with Crippen LogP contribution in [0.25, 0.3) is 0 Å². The van der Waals surface area contributed by atoms with Crippen molar-refractivity contribution >= 4 is 28.6 Å². The fourth-order valence-electron chi connectivity index (χ4n) is 2.76. The number of nitrogens with zero attached hydrogens (tertiary/aromatic N) is 2. The number of aliphatic carboxylic acids is 1. The molecule has 0 unspecified atom stereocenters. The molecular formula is C9H9IN2O2. The second-order valence-corrected chi connectivity index (χ2v) is 5.69. The number of carbonyl (C=O) groups is 1. The van der Waals surface area contributed by atoms with Crippen LogP contribution >= 0.6 is 22.6 Å². The zero-order valence-electron chi connectivity index (χ0n) is 7.40. The zero-order valence-corrected chi connectivity index (χ0v) is 9.56. The summed E-state index contributed by atoms with van der Waals surface area (Å²) in [5.74, 6) is -0.638. The minimum atomic E-state index is -0.638. The Kier molecular flexibility index (Phi) is 1.44. The molecule has 0 amide bonds. The Morgan fingerprint density at radius 2 is 2.21 bits per heavy atom. The number of carboxylic acid groups (broad SMARTS) is 1. The van der Waals surface area contributed by atoms with Gasteiger partial charge in [-0.25, -0.2) is 0 Å². The molecule has 4 nitrogen and oxygen atoms in total. The molecule has 3 aliphatic rings. The molecule has 3 saturated carbocycles. The van der Waals surface area contributed by atoms with Crippen LogP contribution in [0.1, 0.15) is 19.3 Å². The van der Waals surface area contributed by atoms with E-state index in [0.717, 1.165) is 22.8 Å². The molecule has 2 bridgehead atoms. The Morgan fingerprint density at radius 3 is 2.64 bits per heavy atom. The molecule has 1 aromatic rings. The first-order chi connectivity index (χ1) is 6.56. The van der Waals surface area contributed by atoms with Gasteiger partial charge in [-0.15, -0.1) is 0 Å². The third-order valence-electron chi connectivity index (χ3n) is 3.49. The van der Waals surface area contributed by atoms with Crippen LogP contribution in [-0.2, 0) is 10.3 Å². The van der Waals surface area contributed by atoms with E-state index in [1.54, 1.807) is 0 Å². The van der Waals surface area contributed by atoms with Gasteiger partial charge in [0.2, 0.25) is 0 Å². The molecular weight excluding hydrogens is 295 g/mol. The van der Waals surface area contributed by atoms with Gasteiger partial charge in [-0.05, 0) is 41.9 Å². The van der Waals surface area contributed by atoms with Crippen LogP contribution in [0.15, 0.2) is 12.4 Å². The number of carboxylic acids is 1. The summed E-state index contributed by atoms with van der Waals surface area (Å²) in [4.78, 5) is 10.9. The molecule has 4 rings (SSSR count). The fourth-order valence-corrected chi connectivity index (χ4v) is 3.15. The molecule has 0 aromatic carbocycles. The van der Waals surface area contributed by atoms with E-state index >= 15 is 0 Å². The van der Waals surface area contributed by atoms with Crippen molar-refractivity contribution < 1.29 is 9.90 Å². The van der Waals surface area contributed by atoms with Crippen molar-refractivity contribution in [2.75, 3.05) is 0 Å². The lowest BCUT2D eigenvalue weighted by Crippen LogP contribution is -2.70. The fraction of sp³-hybridized carbons (Fsp3) is 0.556. The third-order valence-corrected chi connectivity index (χ3v) is 4.05. The van der Waals surface area contributed by atoms with Crippen LogP contribution in [0.5, 0.6) is 0 Å². The average Bonchev–Trinajstić information content (AvgIpc) is 2.28. The molecule has 74 valence electrons. The average molecular weight is 304 g/mol. The standard InChI is InChI=1S/C9H9IN2O2/c10-6-1-11-12(2-6)9-3-8(4-9,5-9)7(13)14/h1-2H,3-5H2,(H,13,14). The van der Waals surface area contributed by atoms with Crippen LogP contribution in [0.4, 0.5) is 0 Å². The Morgan fingerprint density at radius 1 is 1.57 bits per heavy atom. The first-order valence-corrected chi connectivity index (χ1v) is 5.58. The summed E-state index contributed by atoms with van der Waals surface area (Å²) < 4.78 is 3.05. The highest BCUT2D eigenvalue weighted by molar-refractivity contribution is 14.1. The maximum atomic E-state index is 10.9. The Labute approximate surface area is 94.4 Å². The summed E-state index contributed by atoms with van der Waals surface area (Å²) in [5.41, 5.74) is -0.362. The highest BCUT2D eigenvalue weighted by Gasteiger charge is 2.73. The quantitative estimate of drug-likeness (QED) is 0.842. The number of aromatic nitrogens is 2. The largest absolute Gasteiger partial charge is 0.481 e. The zero-order chi connectivity index (χ0) is 9.97. The van der Waals surface area contributed by atoms with E-state index in [-0.39, 0.29) is 5.54 Å². The van der Waals surface area contributed by atoms with E-state index in [1.165, 1.54) is 0 Å². The van der Waals surface area contributed by atoms with Gasteiger partial charge in [0, 0.05) is 6.20 Å². The maximum absolute atomic E-state index is 10.9. The van der Waals surface area contributed by atoms with Crippen molar-refractivity contribution in [3.63, 3.8) is 0 Å². The highest BCUT2D eigenvalue weighted by Crippen LogP contribution is 2.71. The SMILES string of the molecule is O=C(O)C12CC(n3cc(I)cn3)(C1)C2. The Bertz CT molecular complexity index is 406.